The van der Waals surface area contributed by atoms with Gasteiger partial charge in [-0.25, -0.2) is 15.8 Å². The molecule has 1 rings (SSSR count). The molecule has 96 valence electrons. The Kier molecular flexibility index (Phi) is 4.92. The summed E-state index contributed by atoms with van der Waals surface area (Å²) in [6.07, 6.45) is 1.43. The van der Waals surface area contributed by atoms with Gasteiger partial charge >= 0.3 is 0 Å². The van der Waals surface area contributed by atoms with Crippen molar-refractivity contribution in [1.82, 2.24) is 14.9 Å². The van der Waals surface area contributed by atoms with Gasteiger partial charge in [0.15, 0.2) is 11.6 Å². The summed E-state index contributed by atoms with van der Waals surface area (Å²) in [5.74, 6) is 6.95. The second-order valence-corrected chi connectivity index (χ2v) is 3.94. The molecule has 1 aromatic heterocycles. The van der Waals surface area contributed by atoms with Crippen molar-refractivity contribution in [2.24, 2.45) is 5.84 Å². The highest BCUT2D eigenvalue weighted by molar-refractivity contribution is 5.63. The number of hydrogen-bond donors (Lipinski definition) is 3. The maximum Gasteiger partial charge on any atom is 0.205 e. The van der Waals surface area contributed by atoms with Gasteiger partial charge in [0.2, 0.25) is 5.75 Å². The monoisotopic (exact) mass is 240 g/mol. The zero-order chi connectivity index (χ0) is 12.8. The van der Waals surface area contributed by atoms with Gasteiger partial charge in [0, 0.05) is 12.6 Å². The average molecular weight is 240 g/mol. The van der Waals surface area contributed by atoms with E-state index in [9.17, 15) is 0 Å². The molecule has 0 aliphatic heterocycles. The molecule has 0 saturated carbocycles. The Morgan fingerprint density at radius 3 is 2.59 bits per heavy atom. The van der Waals surface area contributed by atoms with Gasteiger partial charge in [-0.1, -0.05) is 0 Å². The van der Waals surface area contributed by atoms with Crippen LogP contribution < -0.4 is 21.3 Å². The van der Waals surface area contributed by atoms with E-state index in [0.717, 1.165) is 6.54 Å². The second-order valence-electron chi connectivity index (χ2n) is 3.94. The van der Waals surface area contributed by atoms with Crippen LogP contribution in [-0.2, 0) is 0 Å². The maximum atomic E-state index is 5.34. The molecule has 1 aromatic rings. The quantitative estimate of drug-likeness (QED) is 0.481. The van der Waals surface area contributed by atoms with Crippen molar-refractivity contribution in [3.63, 3.8) is 0 Å². The van der Waals surface area contributed by atoms with Gasteiger partial charge in [0.05, 0.1) is 7.11 Å². The molecule has 1 atom stereocenters. The predicted molar refractivity (Wildman–Crippen MR) is 68.0 cm³/mol. The molecule has 0 fully saturated rings. The number of anilines is 2. The Morgan fingerprint density at radius 2 is 2.06 bits per heavy atom. The van der Waals surface area contributed by atoms with Crippen LogP contribution in [0.15, 0.2) is 6.33 Å². The Balaban J connectivity index is 2.77. The van der Waals surface area contributed by atoms with Crippen molar-refractivity contribution in [3.8, 4) is 5.75 Å². The van der Waals surface area contributed by atoms with Gasteiger partial charge in [-0.05, 0) is 21.0 Å². The highest BCUT2D eigenvalue weighted by Gasteiger charge is 2.12. The highest BCUT2D eigenvalue weighted by atomic mass is 16.5. The van der Waals surface area contributed by atoms with Gasteiger partial charge in [0.25, 0.3) is 0 Å². The molecule has 0 aliphatic rings. The summed E-state index contributed by atoms with van der Waals surface area (Å²) < 4.78 is 5.22. The minimum Gasteiger partial charge on any atom is -0.490 e. The summed E-state index contributed by atoms with van der Waals surface area (Å²) >= 11 is 0. The molecule has 4 N–H and O–H groups in total. The van der Waals surface area contributed by atoms with Gasteiger partial charge in [-0.2, -0.15) is 0 Å². The molecule has 17 heavy (non-hydrogen) atoms. The summed E-state index contributed by atoms with van der Waals surface area (Å²) in [6, 6.07) is 0.379. The molecular formula is C10H20N6O. The first-order chi connectivity index (χ1) is 8.10. The summed E-state index contributed by atoms with van der Waals surface area (Å²) in [5.41, 5.74) is 2.47. The van der Waals surface area contributed by atoms with E-state index in [1.165, 1.54) is 6.33 Å². The second kappa shape index (κ2) is 6.21. The molecule has 0 radical (unpaired) electrons. The van der Waals surface area contributed by atoms with Gasteiger partial charge < -0.3 is 20.4 Å². The van der Waals surface area contributed by atoms with E-state index in [0.29, 0.717) is 23.4 Å². The lowest BCUT2D eigenvalue weighted by Gasteiger charge is -2.21. The molecule has 0 aliphatic carbocycles. The van der Waals surface area contributed by atoms with E-state index in [2.05, 4.69) is 32.5 Å². The SMILES string of the molecule is COc1c(NN)ncnc1NCC(C)N(C)C. The van der Waals surface area contributed by atoms with E-state index in [1.54, 1.807) is 7.11 Å². The molecule has 0 aromatic carbocycles. The topological polar surface area (TPSA) is 88.3 Å². The van der Waals surface area contributed by atoms with Crippen molar-refractivity contribution in [2.75, 3.05) is 38.5 Å². The summed E-state index contributed by atoms with van der Waals surface area (Å²) in [6.45, 7) is 2.87. The number of hydrogen-bond acceptors (Lipinski definition) is 7. The number of nitrogens with two attached hydrogens (primary N) is 1. The Morgan fingerprint density at radius 1 is 1.41 bits per heavy atom. The number of methoxy groups -OCH3 is 1. The lowest BCUT2D eigenvalue weighted by molar-refractivity contribution is 0.325. The Labute approximate surface area is 101 Å². The summed E-state index contributed by atoms with van der Waals surface area (Å²) in [4.78, 5) is 10.2. The lowest BCUT2D eigenvalue weighted by atomic mass is 10.3. The number of hydrazine groups is 1. The number of nitrogens with zero attached hydrogens (tertiary/aromatic N) is 3. The lowest BCUT2D eigenvalue weighted by Crippen LogP contribution is -2.31. The molecule has 1 heterocycles. The number of rotatable bonds is 6. The number of aromatic nitrogens is 2. The first-order valence-electron chi connectivity index (χ1n) is 5.36. The first-order valence-corrected chi connectivity index (χ1v) is 5.36. The highest BCUT2D eigenvalue weighted by Crippen LogP contribution is 2.27. The van der Waals surface area contributed by atoms with E-state index < -0.39 is 0 Å². The Hall–Kier alpha value is -1.60. The van der Waals surface area contributed by atoms with Crippen LogP contribution in [0.1, 0.15) is 6.92 Å². The van der Waals surface area contributed by atoms with Crippen LogP contribution in [-0.4, -0.2) is 48.7 Å². The van der Waals surface area contributed by atoms with E-state index >= 15 is 0 Å². The van der Waals surface area contributed by atoms with E-state index in [4.69, 9.17) is 10.6 Å². The smallest absolute Gasteiger partial charge is 0.205 e. The molecule has 7 nitrogen and oxygen atoms in total. The van der Waals surface area contributed by atoms with Crippen LogP contribution in [0.4, 0.5) is 11.6 Å². The van der Waals surface area contributed by atoms with E-state index in [-0.39, 0.29) is 0 Å². The maximum absolute atomic E-state index is 5.34. The van der Waals surface area contributed by atoms with Crippen LogP contribution in [0, 0.1) is 0 Å². The van der Waals surface area contributed by atoms with Crippen molar-refractivity contribution in [2.45, 2.75) is 13.0 Å². The third-order valence-corrected chi connectivity index (χ3v) is 2.59. The summed E-state index contributed by atoms with van der Waals surface area (Å²) in [7, 11) is 5.60. The number of nitrogen functional groups attached to an aromatic ring is 1. The minimum atomic E-state index is 0.379. The fourth-order valence-electron chi connectivity index (χ4n) is 1.22. The van der Waals surface area contributed by atoms with Crippen LogP contribution in [0.3, 0.4) is 0 Å². The molecule has 0 spiro atoms. The van der Waals surface area contributed by atoms with Crippen molar-refractivity contribution < 1.29 is 4.74 Å². The molecular weight excluding hydrogens is 220 g/mol. The van der Waals surface area contributed by atoms with Gasteiger partial charge in [-0.3, -0.25) is 0 Å². The fraction of sp³-hybridized carbons (Fsp3) is 0.600. The number of likely N-dealkylation sites (N-methyl/N-ethyl adjacent to an activating group) is 1. The standard InChI is InChI=1S/C10H20N6O/c1-7(16(2)3)5-12-9-8(17-4)10(15-11)14-6-13-9/h6-7H,5,11H2,1-4H3,(H2,12,13,14,15). The van der Waals surface area contributed by atoms with Gasteiger partial charge in [-0.15, -0.1) is 0 Å². The van der Waals surface area contributed by atoms with Crippen LogP contribution in [0.25, 0.3) is 0 Å². The van der Waals surface area contributed by atoms with E-state index in [1.807, 2.05) is 14.1 Å². The molecule has 7 heteroatoms. The van der Waals surface area contributed by atoms with Crippen molar-refractivity contribution in [3.05, 3.63) is 6.33 Å². The molecule has 1 unspecified atom stereocenters. The summed E-state index contributed by atoms with van der Waals surface area (Å²) in [5, 5.41) is 3.21. The normalized spacial score (nSPS) is 12.4. The third kappa shape index (κ3) is 3.43. The zero-order valence-corrected chi connectivity index (χ0v) is 10.7. The first kappa shape index (κ1) is 13.5. The Bertz CT molecular complexity index is 357. The minimum absolute atomic E-state index is 0.379. The number of ether oxygens (including phenoxy) is 1. The molecule has 0 amide bonds. The zero-order valence-electron chi connectivity index (χ0n) is 10.7. The molecule has 0 bridgehead atoms. The third-order valence-electron chi connectivity index (χ3n) is 2.59. The molecule has 0 saturated heterocycles. The van der Waals surface area contributed by atoms with Crippen LogP contribution in [0.5, 0.6) is 5.75 Å². The van der Waals surface area contributed by atoms with Gasteiger partial charge in [0.1, 0.15) is 6.33 Å². The largest absolute Gasteiger partial charge is 0.490 e. The van der Waals surface area contributed by atoms with Crippen LogP contribution >= 0.6 is 0 Å². The van der Waals surface area contributed by atoms with Crippen LogP contribution in [0.2, 0.25) is 0 Å². The van der Waals surface area contributed by atoms with Crippen molar-refractivity contribution >= 4 is 11.6 Å². The predicted octanol–water partition coefficient (Wildman–Crippen LogP) is 0.133. The van der Waals surface area contributed by atoms with Crippen molar-refractivity contribution in [1.29, 1.82) is 0 Å². The fourth-order valence-corrected chi connectivity index (χ4v) is 1.22. The average Bonchev–Trinajstić information content (AvgIpc) is 2.34. The number of nitrogens with one attached hydrogen (secondary N) is 2.